The predicted molar refractivity (Wildman–Crippen MR) is 65.8 cm³/mol. The van der Waals surface area contributed by atoms with Crippen LogP contribution in [-0.2, 0) is 13.2 Å². The van der Waals surface area contributed by atoms with Gasteiger partial charge < -0.3 is 10.5 Å². The number of rotatable bonds is 4. The molecule has 1 aromatic heterocycles. The molecular formula is C11H11ClN2OS. The fourth-order valence-corrected chi connectivity index (χ4v) is 2.03. The van der Waals surface area contributed by atoms with Crippen molar-refractivity contribution in [2.75, 3.05) is 0 Å². The second kappa shape index (κ2) is 5.30. The lowest BCUT2D eigenvalue weighted by Gasteiger charge is -2.03. The fraction of sp³-hybridized carbons (Fsp3) is 0.182. The Morgan fingerprint density at radius 3 is 2.69 bits per heavy atom. The van der Waals surface area contributed by atoms with E-state index in [2.05, 4.69) is 4.98 Å². The van der Waals surface area contributed by atoms with Crippen molar-refractivity contribution in [2.24, 2.45) is 5.73 Å². The van der Waals surface area contributed by atoms with Gasteiger partial charge in [0, 0.05) is 16.9 Å². The van der Waals surface area contributed by atoms with Crippen LogP contribution in [-0.4, -0.2) is 4.98 Å². The third-order valence-corrected chi connectivity index (χ3v) is 3.11. The van der Waals surface area contributed by atoms with Crippen molar-refractivity contribution in [3.63, 3.8) is 0 Å². The first-order chi connectivity index (χ1) is 7.78. The lowest BCUT2D eigenvalue weighted by Crippen LogP contribution is -1.98. The molecule has 0 saturated heterocycles. The minimum absolute atomic E-state index is 0.465. The lowest BCUT2D eigenvalue weighted by molar-refractivity contribution is 0.305. The number of nitrogens with two attached hydrogens (primary N) is 1. The monoisotopic (exact) mass is 254 g/mol. The molecule has 0 aliphatic carbocycles. The summed E-state index contributed by atoms with van der Waals surface area (Å²) in [6.07, 6.45) is 0. The first kappa shape index (κ1) is 11.4. The van der Waals surface area contributed by atoms with Gasteiger partial charge in [0.05, 0.1) is 5.69 Å². The predicted octanol–water partition coefficient (Wildman–Crippen LogP) is 2.83. The van der Waals surface area contributed by atoms with Crippen LogP contribution in [0.15, 0.2) is 29.6 Å². The minimum Gasteiger partial charge on any atom is -0.486 e. The van der Waals surface area contributed by atoms with Crippen LogP contribution in [0.2, 0.25) is 5.02 Å². The normalized spacial score (nSPS) is 10.4. The second-order valence-electron chi connectivity index (χ2n) is 3.18. The van der Waals surface area contributed by atoms with Crippen molar-refractivity contribution in [3.05, 3.63) is 45.4 Å². The number of nitrogens with zero attached hydrogens (tertiary/aromatic N) is 1. The molecule has 0 fully saturated rings. The fourth-order valence-electron chi connectivity index (χ4n) is 1.18. The maximum absolute atomic E-state index is 5.77. The highest BCUT2D eigenvalue weighted by molar-refractivity contribution is 7.09. The van der Waals surface area contributed by atoms with Crippen LogP contribution in [0.25, 0.3) is 0 Å². The summed E-state index contributed by atoms with van der Waals surface area (Å²) in [5.74, 6) is 0.786. The molecule has 5 heteroatoms. The van der Waals surface area contributed by atoms with E-state index in [0.717, 1.165) is 16.5 Å². The Morgan fingerprint density at radius 1 is 1.31 bits per heavy atom. The molecule has 0 radical (unpaired) electrons. The highest BCUT2D eigenvalue weighted by Crippen LogP contribution is 2.18. The van der Waals surface area contributed by atoms with Crippen molar-refractivity contribution in [1.82, 2.24) is 4.98 Å². The van der Waals surface area contributed by atoms with Gasteiger partial charge in [0.1, 0.15) is 17.4 Å². The Bertz CT molecular complexity index is 455. The van der Waals surface area contributed by atoms with Gasteiger partial charge in [-0.15, -0.1) is 11.3 Å². The minimum atomic E-state index is 0.465. The summed E-state index contributed by atoms with van der Waals surface area (Å²) < 4.78 is 5.55. The van der Waals surface area contributed by atoms with E-state index in [9.17, 15) is 0 Å². The molecule has 1 aromatic carbocycles. The molecule has 1 heterocycles. The number of ether oxygens (including phenoxy) is 1. The topological polar surface area (TPSA) is 48.1 Å². The summed E-state index contributed by atoms with van der Waals surface area (Å²) in [4.78, 5) is 4.30. The molecule has 0 amide bonds. The van der Waals surface area contributed by atoms with E-state index in [-0.39, 0.29) is 0 Å². The van der Waals surface area contributed by atoms with Crippen molar-refractivity contribution >= 4 is 22.9 Å². The molecule has 3 nitrogen and oxygen atoms in total. The summed E-state index contributed by atoms with van der Waals surface area (Å²) in [5.41, 5.74) is 6.38. The summed E-state index contributed by atoms with van der Waals surface area (Å²) in [5, 5.41) is 3.57. The Morgan fingerprint density at radius 2 is 2.06 bits per heavy atom. The number of halogens is 1. The van der Waals surface area contributed by atoms with Gasteiger partial charge in [0.15, 0.2) is 0 Å². The SMILES string of the molecule is NCc1csc(COc2ccc(Cl)cc2)n1. The molecule has 0 atom stereocenters. The van der Waals surface area contributed by atoms with E-state index in [0.29, 0.717) is 18.2 Å². The van der Waals surface area contributed by atoms with Gasteiger partial charge in [0.2, 0.25) is 0 Å². The van der Waals surface area contributed by atoms with Crippen LogP contribution in [0.4, 0.5) is 0 Å². The molecule has 84 valence electrons. The zero-order valence-corrected chi connectivity index (χ0v) is 10.1. The molecule has 0 unspecified atom stereocenters. The van der Waals surface area contributed by atoms with Crippen LogP contribution in [0.3, 0.4) is 0 Å². The molecule has 2 aromatic rings. The van der Waals surface area contributed by atoms with E-state index < -0.39 is 0 Å². The number of benzene rings is 1. The summed E-state index contributed by atoms with van der Waals surface area (Å²) in [6.45, 7) is 0.934. The lowest BCUT2D eigenvalue weighted by atomic mass is 10.3. The molecule has 0 aliphatic rings. The largest absolute Gasteiger partial charge is 0.486 e. The van der Waals surface area contributed by atoms with Crippen LogP contribution in [0.5, 0.6) is 5.75 Å². The number of thiazole rings is 1. The third kappa shape index (κ3) is 2.95. The van der Waals surface area contributed by atoms with E-state index in [1.165, 1.54) is 0 Å². The average molecular weight is 255 g/mol. The van der Waals surface area contributed by atoms with Crippen LogP contribution < -0.4 is 10.5 Å². The number of hydrogen-bond donors (Lipinski definition) is 1. The van der Waals surface area contributed by atoms with Gasteiger partial charge >= 0.3 is 0 Å². The molecule has 0 saturated carbocycles. The molecule has 0 bridgehead atoms. The van der Waals surface area contributed by atoms with E-state index in [1.54, 1.807) is 23.5 Å². The first-order valence-corrected chi connectivity index (χ1v) is 6.05. The second-order valence-corrected chi connectivity index (χ2v) is 4.56. The molecule has 0 aliphatic heterocycles. The molecule has 2 N–H and O–H groups in total. The smallest absolute Gasteiger partial charge is 0.140 e. The Hall–Kier alpha value is -1.10. The maximum atomic E-state index is 5.77. The number of hydrogen-bond acceptors (Lipinski definition) is 4. The first-order valence-electron chi connectivity index (χ1n) is 4.79. The maximum Gasteiger partial charge on any atom is 0.140 e. The van der Waals surface area contributed by atoms with Crippen LogP contribution in [0.1, 0.15) is 10.7 Å². The van der Waals surface area contributed by atoms with Gasteiger partial charge in [-0.2, -0.15) is 0 Å². The van der Waals surface area contributed by atoms with Crippen molar-refractivity contribution in [2.45, 2.75) is 13.2 Å². The molecule has 0 spiro atoms. The van der Waals surface area contributed by atoms with E-state index >= 15 is 0 Å². The average Bonchev–Trinajstić information content (AvgIpc) is 2.76. The van der Waals surface area contributed by atoms with E-state index in [4.69, 9.17) is 22.1 Å². The number of aromatic nitrogens is 1. The summed E-state index contributed by atoms with van der Waals surface area (Å²) >= 11 is 7.33. The van der Waals surface area contributed by atoms with Crippen molar-refractivity contribution in [3.8, 4) is 5.75 Å². The van der Waals surface area contributed by atoms with E-state index in [1.807, 2.05) is 17.5 Å². The summed E-state index contributed by atoms with van der Waals surface area (Å²) in [6, 6.07) is 7.26. The van der Waals surface area contributed by atoms with Crippen LogP contribution >= 0.6 is 22.9 Å². The highest BCUT2D eigenvalue weighted by Gasteiger charge is 2.01. The Kier molecular flexibility index (Phi) is 3.77. The van der Waals surface area contributed by atoms with Gasteiger partial charge in [-0.3, -0.25) is 0 Å². The Balaban J connectivity index is 1.94. The highest BCUT2D eigenvalue weighted by atomic mass is 35.5. The van der Waals surface area contributed by atoms with Gasteiger partial charge in [-0.25, -0.2) is 4.98 Å². The third-order valence-electron chi connectivity index (χ3n) is 1.98. The standard InChI is InChI=1S/C11H11ClN2OS/c12-8-1-3-10(4-2-8)15-6-11-14-9(5-13)7-16-11/h1-4,7H,5-6,13H2. The van der Waals surface area contributed by atoms with Gasteiger partial charge in [0.25, 0.3) is 0 Å². The zero-order valence-electron chi connectivity index (χ0n) is 8.52. The molecule has 2 rings (SSSR count). The van der Waals surface area contributed by atoms with Crippen molar-refractivity contribution < 1.29 is 4.74 Å². The zero-order chi connectivity index (χ0) is 11.4. The quantitative estimate of drug-likeness (QED) is 0.913. The molecule has 16 heavy (non-hydrogen) atoms. The summed E-state index contributed by atoms with van der Waals surface area (Å²) in [7, 11) is 0. The van der Waals surface area contributed by atoms with Crippen LogP contribution in [0, 0.1) is 0 Å². The van der Waals surface area contributed by atoms with Gasteiger partial charge in [-0.1, -0.05) is 11.6 Å². The molecular weight excluding hydrogens is 244 g/mol. The van der Waals surface area contributed by atoms with Gasteiger partial charge in [-0.05, 0) is 24.3 Å². The Labute approximate surface area is 103 Å². The van der Waals surface area contributed by atoms with Crippen molar-refractivity contribution in [1.29, 1.82) is 0 Å².